The van der Waals surface area contributed by atoms with Crippen molar-refractivity contribution >= 4 is 34.3 Å². The highest BCUT2D eigenvalue weighted by atomic mass is 16.1. The van der Waals surface area contributed by atoms with Crippen molar-refractivity contribution < 1.29 is 9.59 Å². The predicted molar refractivity (Wildman–Crippen MR) is 129 cm³/mol. The van der Waals surface area contributed by atoms with Crippen molar-refractivity contribution in [2.45, 2.75) is 13.8 Å². The smallest absolute Gasteiger partial charge is 0.196 e. The molecule has 2 N–H and O–H groups in total. The van der Waals surface area contributed by atoms with Crippen molar-refractivity contribution in [1.82, 2.24) is 0 Å². The van der Waals surface area contributed by atoms with Gasteiger partial charge in [-0.3, -0.25) is 9.59 Å². The Morgan fingerprint density at radius 1 is 0.469 bits per heavy atom. The Morgan fingerprint density at radius 2 is 0.844 bits per heavy atom. The Hall–Kier alpha value is -4.18. The van der Waals surface area contributed by atoms with Gasteiger partial charge in [0.1, 0.15) is 0 Å². The molecule has 4 aromatic rings. The van der Waals surface area contributed by atoms with E-state index in [-0.39, 0.29) is 11.6 Å². The predicted octanol–water partition coefficient (Wildman–Crippen LogP) is 6.57. The molecule has 1 aliphatic rings. The van der Waals surface area contributed by atoms with Crippen LogP contribution < -0.4 is 10.6 Å². The lowest BCUT2D eigenvalue weighted by atomic mass is 9.82. The minimum atomic E-state index is -0.153. The summed E-state index contributed by atoms with van der Waals surface area (Å²) in [5, 5.41) is 6.71. The molecule has 0 spiro atoms. The molecule has 0 bridgehead atoms. The number of anilines is 4. The maximum atomic E-state index is 13.6. The zero-order valence-corrected chi connectivity index (χ0v) is 17.9. The first-order valence-corrected chi connectivity index (χ1v) is 10.6. The maximum Gasteiger partial charge on any atom is 0.196 e. The summed E-state index contributed by atoms with van der Waals surface area (Å²) < 4.78 is 0. The molecule has 156 valence electrons. The van der Waals surface area contributed by atoms with Crippen molar-refractivity contribution in [3.63, 3.8) is 0 Å². The quantitative estimate of drug-likeness (QED) is 0.347. The molecule has 0 aromatic heterocycles. The number of benzene rings is 4. The van der Waals surface area contributed by atoms with Crippen molar-refractivity contribution in [2.24, 2.45) is 0 Å². The largest absolute Gasteiger partial charge is 0.355 e. The first kappa shape index (κ1) is 19.8. The molecule has 4 heteroatoms. The highest BCUT2D eigenvalue weighted by Gasteiger charge is 2.33. The van der Waals surface area contributed by atoms with E-state index in [0.717, 1.165) is 22.5 Å². The number of carbonyl (C=O) groups excluding carboxylic acids is 2. The fraction of sp³-hybridized carbons (Fsp3) is 0.0714. The third kappa shape index (κ3) is 3.26. The summed E-state index contributed by atoms with van der Waals surface area (Å²) in [6, 6.07) is 26.5. The Labute approximate surface area is 186 Å². The molecule has 4 nitrogen and oxygen atoms in total. The average molecular weight is 418 g/mol. The first-order chi connectivity index (χ1) is 15.5. The maximum absolute atomic E-state index is 13.6. The van der Waals surface area contributed by atoms with Gasteiger partial charge in [-0.1, -0.05) is 60.7 Å². The van der Waals surface area contributed by atoms with Gasteiger partial charge in [-0.05, 0) is 49.2 Å². The van der Waals surface area contributed by atoms with Crippen LogP contribution in [-0.4, -0.2) is 11.6 Å². The number of hydrogen-bond acceptors (Lipinski definition) is 4. The summed E-state index contributed by atoms with van der Waals surface area (Å²) in [6.07, 6.45) is 0. The second kappa shape index (κ2) is 7.82. The van der Waals surface area contributed by atoms with E-state index in [4.69, 9.17) is 0 Å². The van der Waals surface area contributed by atoms with Gasteiger partial charge in [0.05, 0.1) is 22.5 Å². The van der Waals surface area contributed by atoms with E-state index in [0.29, 0.717) is 33.6 Å². The van der Waals surface area contributed by atoms with Gasteiger partial charge in [-0.15, -0.1) is 0 Å². The van der Waals surface area contributed by atoms with Gasteiger partial charge in [-0.2, -0.15) is 0 Å². The summed E-state index contributed by atoms with van der Waals surface area (Å²) >= 11 is 0. The van der Waals surface area contributed by atoms with Crippen LogP contribution in [0.2, 0.25) is 0 Å². The SMILES string of the molecule is Cc1ccccc1Nc1cccc2c1C(=O)c1cccc(Nc3ccccc3C)c1C2=O. The topological polar surface area (TPSA) is 58.2 Å². The van der Waals surface area contributed by atoms with Gasteiger partial charge >= 0.3 is 0 Å². The van der Waals surface area contributed by atoms with Crippen molar-refractivity contribution in [3.8, 4) is 0 Å². The van der Waals surface area contributed by atoms with Crippen LogP contribution >= 0.6 is 0 Å². The fourth-order valence-corrected chi connectivity index (χ4v) is 4.17. The molecule has 0 fully saturated rings. The average Bonchev–Trinajstić information content (AvgIpc) is 2.80. The standard InChI is InChI=1S/C28H22N2O2/c1-17-9-3-5-13-21(17)29-23-15-7-11-19-25(23)27(31)20-12-8-16-24(26(20)28(19)32)30-22-14-6-4-10-18(22)2/h3-16,29-30H,1-2H3. The molecule has 0 amide bonds. The van der Waals surface area contributed by atoms with Crippen LogP contribution in [0.15, 0.2) is 84.9 Å². The Kier molecular flexibility index (Phi) is 4.83. The van der Waals surface area contributed by atoms with Crippen molar-refractivity contribution in [1.29, 1.82) is 0 Å². The van der Waals surface area contributed by atoms with Crippen LogP contribution in [0.1, 0.15) is 43.0 Å². The van der Waals surface area contributed by atoms with Gasteiger partial charge in [0.25, 0.3) is 0 Å². The van der Waals surface area contributed by atoms with E-state index < -0.39 is 0 Å². The van der Waals surface area contributed by atoms with E-state index in [1.807, 2.05) is 86.6 Å². The fourth-order valence-electron chi connectivity index (χ4n) is 4.17. The molecule has 0 aliphatic heterocycles. The minimum absolute atomic E-state index is 0.153. The Morgan fingerprint density at radius 3 is 1.25 bits per heavy atom. The number of aryl methyl sites for hydroxylation is 2. The third-order valence-electron chi connectivity index (χ3n) is 5.90. The molecule has 5 rings (SSSR count). The van der Waals surface area contributed by atoms with E-state index in [9.17, 15) is 9.59 Å². The van der Waals surface area contributed by atoms with Crippen LogP contribution in [0.3, 0.4) is 0 Å². The molecular weight excluding hydrogens is 396 g/mol. The van der Waals surface area contributed by atoms with Crippen molar-refractivity contribution in [3.05, 3.63) is 118 Å². The second-order valence-corrected chi connectivity index (χ2v) is 7.99. The summed E-state index contributed by atoms with van der Waals surface area (Å²) in [5.74, 6) is -0.306. The number of nitrogens with one attached hydrogen (secondary N) is 2. The third-order valence-corrected chi connectivity index (χ3v) is 5.90. The van der Waals surface area contributed by atoms with Gasteiger partial charge in [0, 0.05) is 22.5 Å². The second-order valence-electron chi connectivity index (χ2n) is 7.99. The van der Waals surface area contributed by atoms with Gasteiger partial charge in [-0.25, -0.2) is 0 Å². The van der Waals surface area contributed by atoms with E-state index in [1.54, 1.807) is 12.1 Å². The number of hydrogen-bond donors (Lipinski definition) is 2. The normalized spacial score (nSPS) is 12.2. The van der Waals surface area contributed by atoms with Crippen LogP contribution in [0.5, 0.6) is 0 Å². The molecular formula is C28H22N2O2. The highest BCUT2D eigenvalue weighted by molar-refractivity contribution is 6.32. The molecule has 32 heavy (non-hydrogen) atoms. The van der Waals surface area contributed by atoms with Crippen LogP contribution in [0.4, 0.5) is 22.7 Å². The van der Waals surface area contributed by atoms with E-state index >= 15 is 0 Å². The molecule has 0 saturated heterocycles. The summed E-state index contributed by atoms with van der Waals surface area (Å²) in [4.78, 5) is 27.2. The summed E-state index contributed by atoms with van der Waals surface area (Å²) in [7, 11) is 0. The molecule has 0 saturated carbocycles. The Bertz CT molecular complexity index is 1280. The van der Waals surface area contributed by atoms with Crippen LogP contribution in [0, 0.1) is 13.8 Å². The van der Waals surface area contributed by atoms with Gasteiger partial charge < -0.3 is 10.6 Å². The molecule has 0 unspecified atom stereocenters. The molecule has 0 atom stereocenters. The number of carbonyl (C=O) groups is 2. The lowest BCUT2D eigenvalue weighted by Gasteiger charge is -2.23. The molecule has 0 radical (unpaired) electrons. The molecule has 1 aliphatic carbocycles. The molecule has 4 aromatic carbocycles. The Balaban J connectivity index is 1.60. The number of rotatable bonds is 4. The lowest BCUT2D eigenvalue weighted by molar-refractivity contribution is 0.0980. The van der Waals surface area contributed by atoms with Crippen LogP contribution in [-0.2, 0) is 0 Å². The number of fused-ring (bicyclic) bond motifs is 2. The lowest BCUT2D eigenvalue weighted by Crippen LogP contribution is -2.23. The highest BCUT2D eigenvalue weighted by Crippen LogP contribution is 2.37. The summed E-state index contributed by atoms with van der Waals surface area (Å²) in [5.41, 5.74) is 6.87. The van der Waals surface area contributed by atoms with Crippen LogP contribution in [0.25, 0.3) is 0 Å². The van der Waals surface area contributed by atoms with E-state index in [2.05, 4.69) is 10.6 Å². The van der Waals surface area contributed by atoms with Crippen molar-refractivity contribution in [2.75, 3.05) is 10.6 Å². The summed E-state index contributed by atoms with van der Waals surface area (Å²) in [6.45, 7) is 4.01. The zero-order valence-electron chi connectivity index (χ0n) is 17.9. The number of ketones is 2. The first-order valence-electron chi connectivity index (χ1n) is 10.6. The van der Waals surface area contributed by atoms with Gasteiger partial charge in [0.15, 0.2) is 11.6 Å². The van der Waals surface area contributed by atoms with Gasteiger partial charge in [0.2, 0.25) is 0 Å². The van der Waals surface area contributed by atoms with E-state index in [1.165, 1.54) is 0 Å². The monoisotopic (exact) mass is 418 g/mol. The number of para-hydroxylation sites is 2. The zero-order chi connectivity index (χ0) is 22.2. The molecule has 0 heterocycles. The minimum Gasteiger partial charge on any atom is -0.355 e.